The Morgan fingerprint density at radius 2 is 2.00 bits per heavy atom. The lowest BCUT2D eigenvalue weighted by molar-refractivity contribution is 0.0706. The van der Waals surface area contributed by atoms with Gasteiger partial charge in [0, 0.05) is 43.1 Å². The summed E-state index contributed by atoms with van der Waals surface area (Å²) in [7, 11) is 4.03. The van der Waals surface area contributed by atoms with Crippen LogP contribution >= 0.6 is 0 Å². The van der Waals surface area contributed by atoms with Crippen LogP contribution in [0.4, 0.5) is 11.6 Å². The highest BCUT2D eigenvalue weighted by Crippen LogP contribution is 2.26. The minimum atomic E-state index is -0.496. The Morgan fingerprint density at radius 1 is 1.13 bits per heavy atom. The van der Waals surface area contributed by atoms with Crippen molar-refractivity contribution >= 4 is 17.5 Å². The van der Waals surface area contributed by atoms with Crippen LogP contribution in [-0.4, -0.2) is 41.2 Å². The quantitative estimate of drug-likeness (QED) is 0.447. The van der Waals surface area contributed by atoms with Gasteiger partial charge < -0.3 is 10.2 Å². The van der Waals surface area contributed by atoms with Crippen molar-refractivity contribution in [3.63, 3.8) is 0 Å². The number of nitrogens with zero attached hydrogens (tertiary/aromatic N) is 3. The maximum absolute atomic E-state index is 11.7. The van der Waals surface area contributed by atoms with E-state index in [2.05, 4.69) is 27.3 Å². The van der Waals surface area contributed by atoms with Crippen LogP contribution in [0.1, 0.15) is 27.9 Å². The van der Waals surface area contributed by atoms with Crippen molar-refractivity contribution < 1.29 is 10.0 Å². The lowest BCUT2D eigenvalue weighted by atomic mass is 9.87. The molecule has 0 aliphatic heterocycles. The molecule has 3 N–H and O–H groups in total. The van der Waals surface area contributed by atoms with E-state index in [4.69, 9.17) is 10.2 Å². The van der Waals surface area contributed by atoms with Crippen molar-refractivity contribution in [2.75, 3.05) is 24.3 Å². The highest BCUT2D eigenvalue weighted by atomic mass is 16.5. The number of carbonyl (C=O) groups is 1. The second-order valence-electron chi connectivity index (χ2n) is 7.72. The summed E-state index contributed by atoms with van der Waals surface area (Å²) in [6, 6.07) is 15.9. The molecule has 154 valence electrons. The molecular weight excluding hydrogens is 378 g/mol. The van der Waals surface area contributed by atoms with Crippen LogP contribution in [0.5, 0.6) is 0 Å². The first kappa shape index (κ1) is 19.8. The molecule has 3 aromatic rings. The first-order valence-corrected chi connectivity index (χ1v) is 9.97. The molecule has 0 saturated carbocycles. The number of fused-ring (bicyclic) bond motifs is 1. The lowest BCUT2D eigenvalue weighted by Gasteiger charge is -2.26. The van der Waals surface area contributed by atoms with Crippen molar-refractivity contribution in [2.24, 2.45) is 0 Å². The van der Waals surface area contributed by atoms with E-state index < -0.39 is 5.91 Å². The SMILES string of the molecule is CN(C)c1cccc(-c2ccnc(NC3CCc4ccc(C(=O)NO)cc4C3)n2)c1. The molecule has 0 saturated heterocycles. The largest absolute Gasteiger partial charge is 0.378 e. The van der Waals surface area contributed by atoms with E-state index >= 15 is 0 Å². The molecule has 0 radical (unpaired) electrons. The molecule has 0 fully saturated rings. The van der Waals surface area contributed by atoms with E-state index in [1.54, 1.807) is 17.7 Å². The summed E-state index contributed by atoms with van der Waals surface area (Å²) in [5.74, 6) is 0.101. The molecule has 1 amide bonds. The average Bonchev–Trinajstić information content (AvgIpc) is 2.78. The summed E-state index contributed by atoms with van der Waals surface area (Å²) >= 11 is 0. The van der Waals surface area contributed by atoms with Gasteiger partial charge in [-0.1, -0.05) is 18.2 Å². The van der Waals surface area contributed by atoms with Gasteiger partial charge in [0.15, 0.2) is 0 Å². The number of rotatable bonds is 5. The third kappa shape index (κ3) is 4.26. The maximum atomic E-state index is 11.7. The Bertz CT molecular complexity index is 1070. The number of amides is 1. The smallest absolute Gasteiger partial charge is 0.274 e. The monoisotopic (exact) mass is 403 g/mol. The third-order valence-corrected chi connectivity index (χ3v) is 5.45. The Morgan fingerprint density at radius 3 is 2.80 bits per heavy atom. The number of aryl methyl sites for hydroxylation is 1. The van der Waals surface area contributed by atoms with Crippen LogP contribution in [0.3, 0.4) is 0 Å². The van der Waals surface area contributed by atoms with E-state index in [1.807, 2.05) is 44.4 Å². The minimum Gasteiger partial charge on any atom is -0.378 e. The number of aromatic nitrogens is 2. The summed E-state index contributed by atoms with van der Waals surface area (Å²) in [5.41, 5.74) is 7.52. The fourth-order valence-electron chi connectivity index (χ4n) is 3.80. The van der Waals surface area contributed by atoms with Crippen molar-refractivity contribution in [1.82, 2.24) is 15.4 Å². The summed E-state index contributed by atoms with van der Waals surface area (Å²) in [6.45, 7) is 0. The second-order valence-corrected chi connectivity index (χ2v) is 7.72. The number of anilines is 2. The number of nitrogens with one attached hydrogen (secondary N) is 2. The van der Waals surface area contributed by atoms with Crippen LogP contribution < -0.4 is 15.7 Å². The van der Waals surface area contributed by atoms with Gasteiger partial charge >= 0.3 is 0 Å². The van der Waals surface area contributed by atoms with Gasteiger partial charge in [0.05, 0.1) is 5.69 Å². The highest BCUT2D eigenvalue weighted by molar-refractivity contribution is 5.93. The van der Waals surface area contributed by atoms with E-state index in [0.29, 0.717) is 11.5 Å². The topological polar surface area (TPSA) is 90.4 Å². The van der Waals surface area contributed by atoms with Crippen LogP contribution in [0, 0.1) is 0 Å². The zero-order chi connectivity index (χ0) is 21.1. The molecule has 1 aliphatic carbocycles. The van der Waals surface area contributed by atoms with Crippen molar-refractivity contribution in [3.05, 3.63) is 71.4 Å². The van der Waals surface area contributed by atoms with E-state index in [1.165, 1.54) is 5.56 Å². The van der Waals surface area contributed by atoms with Crippen molar-refractivity contribution in [3.8, 4) is 11.3 Å². The number of benzene rings is 2. The number of carbonyl (C=O) groups excluding carboxylic acids is 1. The van der Waals surface area contributed by atoms with Gasteiger partial charge in [0.25, 0.3) is 5.91 Å². The number of hydrogen-bond acceptors (Lipinski definition) is 6. The Hall–Kier alpha value is -3.45. The molecule has 7 heteroatoms. The number of hydroxylamine groups is 1. The summed E-state index contributed by atoms with van der Waals surface area (Å²) in [4.78, 5) is 22.9. The molecule has 1 aliphatic rings. The van der Waals surface area contributed by atoms with E-state index in [0.717, 1.165) is 41.8 Å². The predicted octanol–water partition coefficient (Wildman–Crippen LogP) is 3.30. The molecule has 1 heterocycles. The molecule has 7 nitrogen and oxygen atoms in total. The Labute approximate surface area is 175 Å². The van der Waals surface area contributed by atoms with Gasteiger partial charge in [-0.25, -0.2) is 15.4 Å². The standard InChI is InChI=1S/C23H25N5O2/c1-28(2)20-5-3-4-16(14-20)21-10-11-24-23(26-21)25-19-9-8-15-6-7-17(22(29)27-30)12-18(15)13-19/h3-7,10-12,14,19,30H,8-9,13H2,1-2H3,(H,27,29)(H,24,25,26). The lowest BCUT2D eigenvalue weighted by Crippen LogP contribution is -2.29. The van der Waals surface area contributed by atoms with Crippen LogP contribution in [0.25, 0.3) is 11.3 Å². The van der Waals surface area contributed by atoms with Crippen LogP contribution in [0.15, 0.2) is 54.7 Å². The predicted molar refractivity (Wildman–Crippen MR) is 117 cm³/mol. The van der Waals surface area contributed by atoms with Crippen molar-refractivity contribution in [1.29, 1.82) is 0 Å². The minimum absolute atomic E-state index is 0.174. The molecule has 30 heavy (non-hydrogen) atoms. The van der Waals surface area contributed by atoms with Gasteiger partial charge in [-0.2, -0.15) is 0 Å². The summed E-state index contributed by atoms with van der Waals surface area (Å²) in [6.07, 6.45) is 4.42. The summed E-state index contributed by atoms with van der Waals surface area (Å²) < 4.78 is 0. The molecule has 2 aromatic carbocycles. The molecule has 4 rings (SSSR count). The van der Waals surface area contributed by atoms with Crippen molar-refractivity contribution in [2.45, 2.75) is 25.3 Å². The fourth-order valence-corrected chi connectivity index (χ4v) is 3.80. The average molecular weight is 403 g/mol. The van der Waals surface area contributed by atoms with Gasteiger partial charge in [0.2, 0.25) is 5.95 Å². The number of hydrogen-bond donors (Lipinski definition) is 3. The normalized spacial score (nSPS) is 15.2. The summed E-state index contributed by atoms with van der Waals surface area (Å²) in [5, 5.41) is 12.3. The zero-order valence-electron chi connectivity index (χ0n) is 17.1. The fraction of sp³-hybridized carbons (Fsp3) is 0.261. The Balaban J connectivity index is 1.51. The first-order valence-electron chi connectivity index (χ1n) is 9.97. The molecule has 0 spiro atoms. The highest BCUT2D eigenvalue weighted by Gasteiger charge is 2.21. The Kier molecular flexibility index (Phi) is 5.63. The van der Waals surface area contributed by atoms with Gasteiger partial charge in [-0.15, -0.1) is 0 Å². The molecule has 1 aromatic heterocycles. The van der Waals surface area contributed by atoms with Crippen LogP contribution in [-0.2, 0) is 12.8 Å². The maximum Gasteiger partial charge on any atom is 0.274 e. The molecule has 1 unspecified atom stereocenters. The first-order chi connectivity index (χ1) is 14.5. The second kappa shape index (κ2) is 8.51. The molecular formula is C23H25N5O2. The van der Waals surface area contributed by atoms with Gasteiger partial charge in [-0.3, -0.25) is 10.0 Å². The van der Waals surface area contributed by atoms with Gasteiger partial charge in [0.1, 0.15) is 0 Å². The molecule has 1 atom stereocenters. The molecule has 0 bridgehead atoms. The van der Waals surface area contributed by atoms with E-state index in [-0.39, 0.29) is 6.04 Å². The zero-order valence-corrected chi connectivity index (χ0v) is 17.1. The van der Waals surface area contributed by atoms with Crippen LogP contribution in [0.2, 0.25) is 0 Å². The third-order valence-electron chi connectivity index (χ3n) is 5.45. The van der Waals surface area contributed by atoms with E-state index in [9.17, 15) is 4.79 Å². The van der Waals surface area contributed by atoms with Gasteiger partial charge in [-0.05, 0) is 60.7 Å².